The van der Waals surface area contributed by atoms with Gasteiger partial charge in [0.2, 0.25) is 0 Å². The molecule has 0 amide bonds. The van der Waals surface area contributed by atoms with Gasteiger partial charge in [0.1, 0.15) is 12.2 Å². The summed E-state index contributed by atoms with van der Waals surface area (Å²) in [6.45, 7) is 4.23. The van der Waals surface area contributed by atoms with Gasteiger partial charge in [-0.2, -0.15) is 17.2 Å². The number of alkyl halides is 2. The lowest BCUT2D eigenvalue weighted by Crippen LogP contribution is -2.51. The molecule has 1 saturated heterocycles. The van der Waals surface area contributed by atoms with Gasteiger partial charge in [-0.15, -0.1) is 23.5 Å². The number of aliphatic hydroxyl groups excluding tert-OH is 1. The Morgan fingerprint density at radius 2 is 1.90 bits per heavy atom. The Bertz CT molecular complexity index is 1030. The fourth-order valence-corrected chi connectivity index (χ4v) is 11.1. The summed E-state index contributed by atoms with van der Waals surface area (Å²) in [6, 6.07) is 0. The quantitative estimate of drug-likeness (QED) is 0.274. The predicted molar refractivity (Wildman–Crippen MR) is 145 cm³/mol. The first-order valence-corrected chi connectivity index (χ1v) is 17.3. The second-order valence-corrected chi connectivity index (χ2v) is 16.6. The van der Waals surface area contributed by atoms with E-state index in [1.54, 1.807) is 23.5 Å². The van der Waals surface area contributed by atoms with Gasteiger partial charge < -0.3 is 14.6 Å². The van der Waals surface area contributed by atoms with Gasteiger partial charge in [-0.25, -0.2) is 4.79 Å². The molecule has 4 rings (SSSR count). The standard InChI is InChI=1S/C26H40F2O8S3/c1-3-17-7-16(2)9-24(10-17,15-29)22(30)35-13-20-14-37-21(38-20)19-8-18-5-4-6-25(11-18,12-19)36-23(31)26(27,28)39(32,33)34/h16-21,29H,3-15H2,1-2H3,(H,32,33,34). The third-order valence-electron chi connectivity index (χ3n) is 9.07. The molecule has 8 unspecified atom stereocenters. The van der Waals surface area contributed by atoms with Crippen molar-refractivity contribution in [1.82, 2.24) is 0 Å². The largest absolute Gasteiger partial charge is 0.465 e. The van der Waals surface area contributed by atoms with E-state index in [9.17, 15) is 31.9 Å². The number of hydrogen-bond acceptors (Lipinski definition) is 9. The molecule has 0 aromatic heterocycles. The number of halogens is 2. The van der Waals surface area contributed by atoms with Crippen molar-refractivity contribution in [2.24, 2.45) is 29.1 Å². The Balaban J connectivity index is 1.35. The Kier molecular flexibility index (Phi) is 9.58. The van der Waals surface area contributed by atoms with Gasteiger partial charge in [0.15, 0.2) is 0 Å². The van der Waals surface area contributed by atoms with Crippen LogP contribution in [0.4, 0.5) is 8.78 Å². The first kappa shape index (κ1) is 31.3. The van der Waals surface area contributed by atoms with Crippen LogP contribution in [0, 0.1) is 29.1 Å². The molecule has 39 heavy (non-hydrogen) atoms. The van der Waals surface area contributed by atoms with E-state index in [1.165, 1.54) is 0 Å². The average Bonchev–Trinajstić information content (AvgIpc) is 3.34. The van der Waals surface area contributed by atoms with Crippen molar-refractivity contribution in [3.05, 3.63) is 0 Å². The molecule has 8 nitrogen and oxygen atoms in total. The number of rotatable bonds is 9. The average molecular weight is 615 g/mol. The molecular weight excluding hydrogens is 574 g/mol. The Morgan fingerprint density at radius 3 is 2.56 bits per heavy atom. The maximum Gasteiger partial charge on any atom is 0.465 e. The molecule has 0 radical (unpaired) electrons. The highest BCUT2D eigenvalue weighted by atomic mass is 32.2. The van der Waals surface area contributed by atoms with Crippen LogP contribution in [0.5, 0.6) is 0 Å². The fraction of sp³-hybridized carbons (Fsp3) is 0.923. The van der Waals surface area contributed by atoms with E-state index in [0.29, 0.717) is 50.4 Å². The molecular formula is C26H40F2O8S3. The summed E-state index contributed by atoms with van der Waals surface area (Å²) in [4.78, 5) is 25.3. The van der Waals surface area contributed by atoms with Gasteiger partial charge in [0.25, 0.3) is 0 Å². The van der Waals surface area contributed by atoms with Crippen LogP contribution in [-0.2, 0) is 29.2 Å². The zero-order valence-electron chi connectivity index (χ0n) is 22.5. The smallest absolute Gasteiger partial charge is 0.464 e. The van der Waals surface area contributed by atoms with E-state index in [-0.39, 0.29) is 40.9 Å². The number of thioether (sulfide) groups is 2. The van der Waals surface area contributed by atoms with Crippen LogP contribution in [0.15, 0.2) is 0 Å². The third-order valence-corrected chi connectivity index (χ3v) is 13.5. The van der Waals surface area contributed by atoms with E-state index in [0.717, 1.165) is 31.4 Å². The van der Waals surface area contributed by atoms with Crippen LogP contribution >= 0.6 is 23.5 Å². The topological polar surface area (TPSA) is 127 Å². The molecule has 2 bridgehead atoms. The third kappa shape index (κ3) is 6.73. The number of aliphatic hydroxyl groups is 1. The van der Waals surface area contributed by atoms with Crippen molar-refractivity contribution in [3.8, 4) is 0 Å². The molecule has 0 aromatic carbocycles. The van der Waals surface area contributed by atoms with E-state index in [2.05, 4.69) is 13.8 Å². The monoisotopic (exact) mass is 614 g/mol. The maximum absolute atomic E-state index is 14.0. The predicted octanol–water partition coefficient (Wildman–Crippen LogP) is 4.89. The summed E-state index contributed by atoms with van der Waals surface area (Å²) in [5, 5.41) is 5.21. The van der Waals surface area contributed by atoms with E-state index < -0.39 is 32.4 Å². The first-order valence-electron chi connectivity index (χ1n) is 13.9. The molecule has 1 aliphatic heterocycles. The Labute approximate surface area is 237 Å². The SMILES string of the molecule is CCC1CC(C)CC(CO)(C(=O)OCC2CSC(C3CC4CCCC(OC(=O)C(F)(F)S(=O)(=O)O)(C4)C3)S2)C1. The molecule has 13 heteroatoms. The van der Waals surface area contributed by atoms with Gasteiger partial charge in [-0.05, 0) is 75.0 Å². The zero-order valence-corrected chi connectivity index (χ0v) is 24.9. The molecule has 2 N–H and O–H groups in total. The number of hydrogen-bond donors (Lipinski definition) is 2. The molecule has 4 fully saturated rings. The van der Waals surface area contributed by atoms with Gasteiger partial charge in [-0.3, -0.25) is 9.35 Å². The van der Waals surface area contributed by atoms with Gasteiger partial charge in [0, 0.05) is 11.0 Å². The van der Waals surface area contributed by atoms with Gasteiger partial charge in [0.05, 0.1) is 16.6 Å². The summed E-state index contributed by atoms with van der Waals surface area (Å²) in [5.41, 5.74) is -2.03. The molecule has 1 heterocycles. The molecule has 4 aliphatic rings. The number of fused-ring (bicyclic) bond motifs is 2. The van der Waals surface area contributed by atoms with Crippen molar-refractivity contribution in [2.75, 3.05) is 19.0 Å². The molecule has 8 atom stereocenters. The van der Waals surface area contributed by atoms with E-state index >= 15 is 0 Å². The second kappa shape index (κ2) is 11.9. The molecule has 0 aromatic rings. The number of carbonyl (C=O) groups is 2. The normalized spacial score (nSPS) is 39.2. The lowest BCUT2D eigenvalue weighted by atomic mass is 9.65. The molecule has 3 saturated carbocycles. The van der Waals surface area contributed by atoms with Crippen LogP contribution in [-0.4, -0.2) is 69.7 Å². The highest BCUT2D eigenvalue weighted by Gasteiger charge is 2.58. The maximum atomic E-state index is 14.0. The van der Waals surface area contributed by atoms with Crippen molar-refractivity contribution in [2.45, 2.75) is 98.7 Å². The zero-order chi connectivity index (χ0) is 28.6. The first-order chi connectivity index (χ1) is 18.2. The minimum Gasteiger partial charge on any atom is -0.464 e. The number of carbonyl (C=O) groups excluding carboxylic acids is 2. The minimum absolute atomic E-state index is 0.0480. The summed E-state index contributed by atoms with van der Waals surface area (Å²) in [6.07, 6.45) is 6.82. The summed E-state index contributed by atoms with van der Waals surface area (Å²) in [5.74, 6) is -0.845. The van der Waals surface area contributed by atoms with Crippen molar-refractivity contribution < 1.29 is 45.9 Å². The fourth-order valence-electron chi connectivity index (χ4n) is 7.36. The highest BCUT2D eigenvalue weighted by Crippen LogP contribution is 2.54. The number of esters is 2. The van der Waals surface area contributed by atoms with Crippen molar-refractivity contribution >= 4 is 45.6 Å². The second-order valence-electron chi connectivity index (χ2n) is 12.2. The Hall–Kier alpha value is -0.630. The Morgan fingerprint density at radius 1 is 1.15 bits per heavy atom. The van der Waals surface area contributed by atoms with Crippen LogP contribution < -0.4 is 0 Å². The lowest BCUT2D eigenvalue weighted by Gasteiger charge is -2.48. The van der Waals surface area contributed by atoms with E-state index in [4.69, 9.17) is 14.0 Å². The summed E-state index contributed by atoms with van der Waals surface area (Å²) < 4.78 is 70.0. The molecule has 3 aliphatic carbocycles. The number of ether oxygens (including phenoxy) is 2. The van der Waals surface area contributed by atoms with Gasteiger partial charge >= 0.3 is 27.3 Å². The van der Waals surface area contributed by atoms with Gasteiger partial charge in [-0.1, -0.05) is 26.7 Å². The van der Waals surface area contributed by atoms with E-state index in [1.807, 2.05) is 0 Å². The van der Waals surface area contributed by atoms with Crippen molar-refractivity contribution in [1.29, 1.82) is 0 Å². The van der Waals surface area contributed by atoms with Crippen LogP contribution in [0.3, 0.4) is 0 Å². The molecule has 224 valence electrons. The lowest BCUT2D eigenvalue weighted by molar-refractivity contribution is -0.189. The van der Waals surface area contributed by atoms with Crippen LogP contribution in [0.25, 0.3) is 0 Å². The van der Waals surface area contributed by atoms with Crippen LogP contribution in [0.2, 0.25) is 0 Å². The molecule has 0 spiro atoms. The van der Waals surface area contributed by atoms with Crippen LogP contribution in [0.1, 0.15) is 78.1 Å². The minimum atomic E-state index is -5.93. The summed E-state index contributed by atoms with van der Waals surface area (Å²) >= 11 is 3.40. The highest BCUT2D eigenvalue weighted by molar-refractivity contribution is 8.20. The van der Waals surface area contributed by atoms with Crippen molar-refractivity contribution in [3.63, 3.8) is 0 Å². The summed E-state index contributed by atoms with van der Waals surface area (Å²) in [7, 11) is -5.93.